The van der Waals surface area contributed by atoms with Gasteiger partial charge in [-0.25, -0.2) is 4.79 Å². The third-order valence-corrected chi connectivity index (χ3v) is 4.05. The summed E-state index contributed by atoms with van der Waals surface area (Å²) < 4.78 is 49.7. The van der Waals surface area contributed by atoms with E-state index in [4.69, 9.17) is 9.15 Å². The second kappa shape index (κ2) is 7.62. The summed E-state index contributed by atoms with van der Waals surface area (Å²) in [5.41, 5.74) is -2.44. The van der Waals surface area contributed by atoms with E-state index in [1.165, 1.54) is 12.1 Å². The molecule has 1 atom stereocenters. The first kappa shape index (κ1) is 20.8. The van der Waals surface area contributed by atoms with Gasteiger partial charge in [-0.1, -0.05) is 0 Å². The molecular formula is C19H22F3NO4. The van der Waals surface area contributed by atoms with Crippen LogP contribution in [0.2, 0.25) is 0 Å². The van der Waals surface area contributed by atoms with Crippen LogP contribution in [-0.2, 0) is 11.0 Å². The Bertz CT molecular complexity index is 879. The summed E-state index contributed by atoms with van der Waals surface area (Å²) in [6, 6.07) is 4.01. The summed E-state index contributed by atoms with van der Waals surface area (Å²) in [4.78, 5) is 25.7. The van der Waals surface area contributed by atoms with Gasteiger partial charge in [-0.15, -0.1) is 0 Å². The number of fused-ring (bicyclic) bond motifs is 1. The molecule has 0 saturated carbocycles. The van der Waals surface area contributed by atoms with E-state index in [0.29, 0.717) is 6.07 Å². The van der Waals surface area contributed by atoms with Crippen molar-refractivity contribution in [3.05, 3.63) is 40.2 Å². The van der Waals surface area contributed by atoms with Crippen LogP contribution < -0.4 is 10.4 Å². The Balaban J connectivity index is 2.35. The first-order valence-corrected chi connectivity index (χ1v) is 8.55. The van der Waals surface area contributed by atoms with Crippen LogP contribution in [0.25, 0.3) is 11.0 Å². The largest absolute Gasteiger partial charge is 0.481 e. The smallest absolute Gasteiger partial charge is 0.417 e. The first-order valence-electron chi connectivity index (χ1n) is 8.55. The fourth-order valence-corrected chi connectivity index (χ4v) is 3.02. The topological polar surface area (TPSA) is 59.8 Å². The van der Waals surface area contributed by atoms with Crippen molar-refractivity contribution in [2.45, 2.75) is 59.0 Å². The van der Waals surface area contributed by atoms with Crippen molar-refractivity contribution in [1.29, 1.82) is 0 Å². The molecule has 0 aliphatic rings. The number of hydrogen-bond donors (Lipinski definition) is 0. The molecule has 27 heavy (non-hydrogen) atoms. The van der Waals surface area contributed by atoms with Gasteiger partial charge in [0.2, 0.25) is 0 Å². The highest BCUT2D eigenvalue weighted by molar-refractivity contribution is 5.83. The summed E-state index contributed by atoms with van der Waals surface area (Å²) in [6.07, 6.45) is -5.54. The number of benzene rings is 1. The average molecular weight is 385 g/mol. The molecule has 2 rings (SSSR count). The van der Waals surface area contributed by atoms with Crippen LogP contribution in [0.15, 0.2) is 33.5 Å². The molecule has 1 aromatic heterocycles. The van der Waals surface area contributed by atoms with Crippen LogP contribution in [0, 0.1) is 0 Å². The molecule has 0 aliphatic heterocycles. The minimum Gasteiger partial charge on any atom is -0.481 e. The van der Waals surface area contributed by atoms with Crippen molar-refractivity contribution in [3.63, 3.8) is 0 Å². The predicted octanol–water partition coefficient (Wildman–Crippen LogP) is 4.22. The highest BCUT2D eigenvalue weighted by Gasteiger charge is 2.34. The van der Waals surface area contributed by atoms with E-state index >= 15 is 0 Å². The first-order chi connectivity index (χ1) is 12.4. The van der Waals surface area contributed by atoms with E-state index in [2.05, 4.69) is 0 Å². The zero-order valence-corrected chi connectivity index (χ0v) is 15.8. The van der Waals surface area contributed by atoms with Crippen LogP contribution in [-0.4, -0.2) is 29.0 Å². The molecular weight excluding hydrogens is 363 g/mol. The Morgan fingerprint density at radius 3 is 2.19 bits per heavy atom. The van der Waals surface area contributed by atoms with Crippen LogP contribution in [0.3, 0.4) is 0 Å². The third-order valence-electron chi connectivity index (χ3n) is 4.05. The van der Waals surface area contributed by atoms with Gasteiger partial charge in [0.25, 0.3) is 5.91 Å². The molecule has 8 heteroatoms. The van der Waals surface area contributed by atoms with Gasteiger partial charge in [0.15, 0.2) is 6.10 Å². The van der Waals surface area contributed by atoms with Crippen molar-refractivity contribution in [1.82, 2.24) is 4.90 Å². The van der Waals surface area contributed by atoms with Crippen molar-refractivity contribution in [2.75, 3.05) is 0 Å². The van der Waals surface area contributed by atoms with Gasteiger partial charge in [-0.3, -0.25) is 4.79 Å². The third kappa shape index (κ3) is 4.61. The Labute approximate surface area is 154 Å². The average Bonchev–Trinajstić information content (AvgIpc) is 2.51. The minimum absolute atomic E-state index is 0.0347. The Hall–Kier alpha value is -2.51. The number of amides is 1. The lowest BCUT2D eigenvalue weighted by Gasteiger charge is -2.33. The summed E-state index contributed by atoms with van der Waals surface area (Å²) in [7, 11) is 0. The molecule has 0 N–H and O–H groups in total. The number of alkyl halides is 3. The Kier molecular flexibility index (Phi) is 5.87. The molecule has 0 fully saturated rings. The number of halogens is 3. The van der Waals surface area contributed by atoms with Crippen molar-refractivity contribution >= 4 is 16.9 Å². The molecule has 0 aliphatic carbocycles. The van der Waals surface area contributed by atoms with Crippen molar-refractivity contribution in [3.8, 4) is 5.75 Å². The standard InChI is InChI=1S/C19H22F3NO4/c1-10(2)23(11(3)4)18(25)12(5)26-13-6-7-14-15(19(20,21)22)9-17(24)27-16(14)8-13/h6-12H,1-5H3. The van der Waals surface area contributed by atoms with Crippen molar-refractivity contribution < 1.29 is 27.1 Å². The van der Waals surface area contributed by atoms with E-state index in [-0.39, 0.29) is 34.7 Å². The van der Waals surface area contributed by atoms with E-state index < -0.39 is 23.5 Å². The zero-order chi connectivity index (χ0) is 20.5. The second-order valence-electron chi connectivity index (χ2n) is 6.83. The van der Waals surface area contributed by atoms with E-state index in [0.717, 1.165) is 6.07 Å². The van der Waals surface area contributed by atoms with Crippen LogP contribution in [0.1, 0.15) is 40.2 Å². The number of carbonyl (C=O) groups is 1. The molecule has 0 radical (unpaired) electrons. The van der Waals surface area contributed by atoms with E-state index in [1.54, 1.807) is 11.8 Å². The van der Waals surface area contributed by atoms with Crippen molar-refractivity contribution in [2.24, 2.45) is 0 Å². The maximum atomic E-state index is 13.1. The van der Waals surface area contributed by atoms with Gasteiger partial charge in [0.1, 0.15) is 11.3 Å². The van der Waals surface area contributed by atoms with Gasteiger partial charge < -0.3 is 14.1 Å². The highest BCUT2D eigenvalue weighted by Crippen LogP contribution is 2.35. The van der Waals surface area contributed by atoms with Gasteiger partial charge >= 0.3 is 11.8 Å². The van der Waals surface area contributed by atoms with Crippen LogP contribution >= 0.6 is 0 Å². The quantitative estimate of drug-likeness (QED) is 0.723. The van der Waals surface area contributed by atoms with Gasteiger partial charge in [0.05, 0.1) is 5.56 Å². The molecule has 2 aromatic rings. The lowest BCUT2D eigenvalue weighted by molar-refractivity contribution is -0.141. The van der Waals surface area contributed by atoms with E-state index in [1.807, 2.05) is 27.7 Å². The molecule has 0 bridgehead atoms. The van der Waals surface area contributed by atoms with Crippen LogP contribution in [0.5, 0.6) is 5.75 Å². The molecule has 1 aromatic carbocycles. The molecule has 0 spiro atoms. The molecule has 148 valence electrons. The summed E-state index contributed by atoms with van der Waals surface area (Å²) in [5.74, 6) is -0.108. The van der Waals surface area contributed by atoms with E-state index in [9.17, 15) is 22.8 Å². The van der Waals surface area contributed by atoms with Gasteiger partial charge in [-0.2, -0.15) is 13.2 Å². The SMILES string of the molecule is CC(Oc1ccc2c(C(F)(F)F)cc(=O)oc2c1)C(=O)N(C(C)C)C(C)C. The normalized spacial score (nSPS) is 13.3. The molecule has 1 unspecified atom stereocenters. The number of carbonyl (C=O) groups excluding carboxylic acids is 1. The number of hydrogen-bond acceptors (Lipinski definition) is 4. The van der Waals surface area contributed by atoms with Gasteiger partial charge in [0, 0.05) is 29.6 Å². The lowest BCUT2D eigenvalue weighted by Crippen LogP contribution is -2.47. The lowest BCUT2D eigenvalue weighted by atomic mass is 10.1. The zero-order valence-electron chi connectivity index (χ0n) is 15.8. The number of rotatable bonds is 5. The van der Waals surface area contributed by atoms with Gasteiger partial charge in [-0.05, 0) is 46.8 Å². The second-order valence-corrected chi connectivity index (χ2v) is 6.83. The summed E-state index contributed by atoms with van der Waals surface area (Å²) >= 11 is 0. The van der Waals surface area contributed by atoms with Crippen LogP contribution in [0.4, 0.5) is 13.2 Å². The monoisotopic (exact) mass is 385 g/mol. The fourth-order valence-electron chi connectivity index (χ4n) is 3.02. The molecule has 1 amide bonds. The fraction of sp³-hybridized carbons (Fsp3) is 0.474. The highest BCUT2D eigenvalue weighted by atomic mass is 19.4. The molecule has 0 saturated heterocycles. The predicted molar refractivity (Wildman–Crippen MR) is 94.7 cm³/mol. The number of nitrogens with zero attached hydrogens (tertiary/aromatic N) is 1. The Morgan fingerprint density at radius 1 is 1.07 bits per heavy atom. The summed E-state index contributed by atoms with van der Waals surface area (Å²) in [6.45, 7) is 9.09. The minimum atomic E-state index is -4.69. The maximum absolute atomic E-state index is 13.1. The number of ether oxygens (including phenoxy) is 1. The molecule has 5 nitrogen and oxygen atoms in total. The Morgan fingerprint density at radius 2 is 1.67 bits per heavy atom. The summed E-state index contributed by atoms with van der Waals surface area (Å²) in [5, 5.41) is -0.251. The molecule has 1 heterocycles. The maximum Gasteiger partial charge on any atom is 0.417 e.